The molecule has 0 amide bonds. The molecular formula is C13H18BrClO. The molecule has 3 heteroatoms. The third-order valence-corrected chi connectivity index (χ3v) is 4.04. The molecule has 16 heavy (non-hydrogen) atoms. The fourth-order valence-electron chi connectivity index (χ4n) is 1.53. The van der Waals surface area contributed by atoms with Crippen LogP contribution < -0.4 is 4.74 Å². The molecular weight excluding hydrogens is 287 g/mol. The Kier molecular flexibility index (Phi) is 5.63. The molecule has 0 bridgehead atoms. The van der Waals surface area contributed by atoms with E-state index in [0.29, 0.717) is 15.8 Å². The van der Waals surface area contributed by atoms with E-state index in [9.17, 15) is 0 Å². The van der Waals surface area contributed by atoms with E-state index in [4.69, 9.17) is 16.3 Å². The van der Waals surface area contributed by atoms with E-state index in [2.05, 4.69) is 35.8 Å². The molecule has 0 saturated heterocycles. The number of hydrogen-bond donors (Lipinski definition) is 0. The van der Waals surface area contributed by atoms with Gasteiger partial charge in [0.05, 0.1) is 12.1 Å². The summed E-state index contributed by atoms with van der Waals surface area (Å²) in [5.74, 6) is 1.44. The van der Waals surface area contributed by atoms with Gasteiger partial charge in [-0.05, 0) is 30.0 Å². The van der Waals surface area contributed by atoms with E-state index < -0.39 is 0 Å². The molecule has 0 aliphatic heterocycles. The van der Waals surface area contributed by atoms with Gasteiger partial charge in [0, 0.05) is 4.83 Å². The Labute approximate surface area is 111 Å². The number of ether oxygens (including phenoxy) is 1. The first-order valence-electron chi connectivity index (χ1n) is 5.56. The molecule has 0 heterocycles. The predicted octanol–water partition coefficient (Wildman–Crippen LogP) is 5.22. The summed E-state index contributed by atoms with van der Waals surface area (Å²) in [5, 5.41) is 0.675. The molecule has 1 aromatic carbocycles. The Morgan fingerprint density at radius 3 is 2.62 bits per heavy atom. The Hall–Kier alpha value is -0.210. The van der Waals surface area contributed by atoms with Crippen LogP contribution in [0.3, 0.4) is 0 Å². The van der Waals surface area contributed by atoms with Crippen LogP contribution >= 0.6 is 27.5 Å². The van der Waals surface area contributed by atoms with Crippen LogP contribution in [0.25, 0.3) is 0 Å². The molecule has 0 fully saturated rings. The molecule has 0 aliphatic rings. The first-order chi connectivity index (χ1) is 7.58. The van der Waals surface area contributed by atoms with Crippen LogP contribution in [0, 0.1) is 5.92 Å². The standard InChI is InChI=1S/C13H18BrClO/c1-4-9(2)7-11(14)10-5-6-13(16-3)12(15)8-10/h5-6,8-9,11H,4,7H2,1-3H3. The van der Waals surface area contributed by atoms with Gasteiger partial charge in [0.2, 0.25) is 0 Å². The van der Waals surface area contributed by atoms with Gasteiger partial charge in [-0.2, -0.15) is 0 Å². The smallest absolute Gasteiger partial charge is 0.137 e. The molecule has 1 nitrogen and oxygen atoms in total. The van der Waals surface area contributed by atoms with E-state index >= 15 is 0 Å². The molecule has 0 N–H and O–H groups in total. The Morgan fingerprint density at radius 1 is 1.44 bits per heavy atom. The first-order valence-corrected chi connectivity index (χ1v) is 6.85. The summed E-state index contributed by atoms with van der Waals surface area (Å²) in [7, 11) is 1.63. The molecule has 2 atom stereocenters. The van der Waals surface area contributed by atoms with E-state index in [1.807, 2.05) is 12.1 Å². The number of benzene rings is 1. The second kappa shape index (κ2) is 6.51. The lowest BCUT2D eigenvalue weighted by atomic mass is 9.99. The van der Waals surface area contributed by atoms with Crippen molar-refractivity contribution in [2.45, 2.75) is 31.5 Å². The SMILES string of the molecule is CCC(C)CC(Br)c1ccc(OC)c(Cl)c1. The predicted molar refractivity (Wildman–Crippen MR) is 73.7 cm³/mol. The van der Waals surface area contributed by atoms with Crippen molar-refractivity contribution in [3.63, 3.8) is 0 Å². The zero-order valence-electron chi connectivity index (χ0n) is 9.97. The monoisotopic (exact) mass is 304 g/mol. The highest BCUT2D eigenvalue weighted by molar-refractivity contribution is 9.09. The fourth-order valence-corrected chi connectivity index (χ4v) is 2.72. The summed E-state index contributed by atoms with van der Waals surface area (Å²) in [5.41, 5.74) is 1.21. The average Bonchev–Trinajstić information content (AvgIpc) is 2.28. The van der Waals surface area contributed by atoms with Crippen LogP contribution in [0.2, 0.25) is 5.02 Å². The lowest BCUT2D eigenvalue weighted by Gasteiger charge is -2.15. The summed E-state index contributed by atoms with van der Waals surface area (Å²) in [6.45, 7) is 4.48. The highest BCUT2D eigenvalue weighted by Gasteiger charge is 2.12. The number of alkyl halides is 1. The Bertz CT molecular complexity index is 341. The largest absolute Gasteiger partial charge is 0.495 e. The van der Waals surface area contributed by atoms with Crippen LogP contribution in [-0.2, 0) is 0 Å². The van der Waals surface area contributed by atoms with Crippen LogP contribution in [0.1, 0.15) is 37.1 Å². The minimum Gasteiger partial charge on any atom is -0.495 e. The summed E-state index contributed by atoms with van der Waals surface area (Å²) >= 11 is 9.81. The van der Waals surface area contributed by atoms with Crippen molar-refractivity contribution in [1.29, 1.82) is 0 Å². The van der Waals surface area contributed by atoms with Crippen LogP contribution in [0.4, 0.5) is 0 Å². The molecule has 0 radical (unpaired) electrons. The Balaban J connectivity index is 2.76. The minimum absolute atomic E-state index is 0.367. The van der Waals surface area contributed by atoms with E-state index in [-0.39, 0.29) is 0 Å². The molecule has 90 valence electrons. The highest BCUT2D eigenvalue weighted by atomic mass is 79.9. The minimum atomic E-state index is 0.367. The number of rotatable bonds is 5. The topological polar surface area (TPSA) is 9.23 Å². The van der Waals surface area contributed by atoms with Gasteiger partial charge in [-0.25, -0.2) is 0 Å². The third kappa shape index (κ3) is 3.67. The molecule has 0 aromatic heterocycles. The zero-order valence-corrected chi connectivity index (χ0v) is 12.3. The van der Waals surface area contributed by atoms with Gasteiger partial charge in [0.25, 0.3) is 0 Å². The van der Waals surface area contributed by atoms with E-state index in [0.717, 1.165) is 12.2 Å². The van der Waals surface area contributed by atoms with Gasteiger partial charge in [-0.3, -0.25) is 0 Å². The number of halogens is 2. The summed E-state index contributed by atoms with van der Waals surface area (Å²) in [6, 6.07) is 5.96. The maximum absolute atomic E-state index is 6.10. The van der Waals surface area contributed by atoms with Crippen LogP contribution in [0.15, 0.2) is 18.2 Å². The molecule has 0 spiro atoms. The second-order valence-electron chi connectivity index (χ2n) is 4.11. The molecule has 1 rings (SSSR count). The zero-order chi connectivity index (χ0) is 12.1. The Morgan fingerprint density at radius 2 is 2.12 bits per heavy atom. The van der Waals surface area contributed by atoms with Crippen molar-refractivity contribution in [2.75, 3.05) is 7.11 Å². The number of hydrogen-bond acceptors (Lipinski definition) is 1. The highest BCUT2D eigenvalue weighted by Crippen LogP contribution is 2.34. The quantitative estimate of drug-likeness (QED) is 0.678. The van der Waals surface area contributed by atoms with Crippen molar-refractivity contribution in [2.24, 2.45) is 5.92 Å². The molecule has 0 saturated carbocycles. The third-order valence-electron chi connectivity index (χ3n) is 2.84. The summed E-state index contributed by atoms with van der Waals surface area (Å²) < 4.78 is 5.13. The van der Waals surface area contributed by atoms with E-state index in [1.165, 1.54) is 12.0 Å². The maximum Gasteiger partial charge on any atom is 0.137 e. The van der Waals surface area contributed by atoms with E-state index in [1.54, 1.807) is 7.11 Å². The van der Waals surface area contributed by atoms with Gasteiger partial charge in [-0.1, -0.05) is 53.9 Å². The van der Waals surface area contributed by atoms with Gasteiger partial charge < -0.3 is 4.74 Å². The first kappa shape index (κ1) is 13.9. The lowest BCUT2D eigenvalue weighted by molar-refractivity contribution is 0.414. The van der Waals surface area contributed by atoms with Crippen LogP contribution in [0.5, 0.6) is 5.75 Å². The number of methoxy groups -OCH3 is 1. The lowest BCUT2D eigenvalue weighted by Crippen LogP contribution is -1.99. The molecule has 0 aliphatic carbocycles. The molecule has 2 unspecified atom stereocenters. The molecule has 1 aromatic rings. The summed E-state index contributed by atoms with van der Waals surface area (Å²) in [4.78, 5) is 0.367. The normalized spacial score (nSPS) is 14.6. The van der Waals surface area contributed by atoms with Crippen molar-refractivity contribution >= 4 is 27.5 Å². The van der Waals surface area contributed by atoms with Crippen molar-refractivity contribution in [1.82, 2.24) is 0 Å². The van der Waals surface area contributed by atoms with Gasteiger partial charge in [0.15, 0.2) is 0 Å². The summed E-state index contributed by atoms with van der Waals surface area (Å²) in [6.07, 6.45) is 2.32. The van der Waals surface area contributed by atoms with Gasteiger partial charge >= 0.3 is 0 Å². The second-order valence-corrected chi connectivity index (χ2v) is 5.62. The van der Waals surface area contributed by atoms with Crippen molar-refractivity contribution in [3.05, 3.63) is 28.8 Å². The fraction of sp³-hybridized carbons (Fsp3) is 0.538. The van der Waals surface area contributed by atoms with Gasteiger partial charge in [-0.15, -0.1) is 0 Å². The van der Waals surface area contributed by atoms with Gasteiger partial charge in [0.1, 0.15) is 5.75 Å². The van der Waals surface area contributed by atoms with Crippen molar-refractivity contribution in [3.8, 4) is 5.75 Å². The van der Waals surface area contributed by atoms with Crippen molar-refractivity contribution < 1.29 is 4.74 Å². The van der Waals surface area contributed by atoms with Crippen LogP contribution in [-0.4, -0.2) is 7.11 Å². The maximum atomic E-state index is 6.10. The average molecular weight is 306 g/mol.